The molecule has 1 saturated heterocycles. The fraction of sp³-hybridized carbons (Fsp3) is 0.579. The molecule has 1 aliphatic heterocycles. The van der Waals surface area contributed by atoms with Crippen molar-refractivity contribution >= 4 is 12.0 Å². The Kier molecular flexibility index (Phi) is 6.12. The Balaban J connectivity index is 1.56. The van der Waals surface area contributed by atoms with E-state index in [9.17, 15) is 22.8 Å². The lowest BCUT2D eigenvalue weighted by atomic mass is 10.1. The minimum absolute atomic E-state index is 0.0334. The van der Waals surface area contributed by atoms with Gasteiger partial charge in [-0.2, -0.15) is 13.2 Å². The van der Waals surface area contributed by atoms with Crippen molar-refractivity contribution in [1.29, 1.82) is 0 Å². The zero-order valence-corrected chi connectivity index (χ0v) is 15.7. The van der Waals surface area contributed by atoms with Crippen LogP contribution >= 0.6 is 0 Å². The molecule has 0 unspecified atom stereocenters. The molecular weight excluding hydrogens is 375 g/mol. The molecule has 1 aliphatic carbocycles. The molecule has 28 heavy (non-hydrogen) atoms. The average molecular weight is 399 g/mol. The maximum Gasteiger partial charge on any atom is 0.416 e. The van der Waals surface area contributed by atoms with Gasteiger partial charge in [0.1, 0.15) is 0 Å². The fourth-order valence-corrected chi connectivity index (χ4v) is 3.30. The highest BCUT2D eigenvalue weighted by molar-refractivity contribution is 5.79. The highest BCUT2D eigenvalue weighted by Gasteiger charge is 2.34. The topological polar surface area (TPSA) is 53.1 Å². The normalized spacial score (nSPS) is 18.1. The third kappa shape index (κ3) is 5.15. The molecule has 1 heterocycles. The highest BCUT2D eigenvalue weighted by Crippen LogP contribution is 2.31. The quantitative estimate of drug-likeness (QED) is 0.764. The van der Waals surface area contributed by atoms with Gasteiger partial charge in [0, 0.05) is 38.8 Å². The van der Waals surface area contributed by atoms with E-state index >= 15 is 0 Å². The van der Waals surface area contributed by atoms with Gasteiger partial charge in [-0.25, -0.2) is 4.79 Å². The summed E-state index contributed by atoms with van der Waals surface area (Å²) in [5, 5.41) is 0. The van der Waals surface area contributed by atoms with Gasteiger partial charge in [-0.1, -0.05) is 12.1 Å². The van der Waals surface area contributed by atoms with Crippen molar-refractivity contribution in [3.8, 4) is 0 Å². The minimum atomic E-state index is -4.36. The van der Waals surface area contributed by atoms with Crippen LogP contribution in [-0.2, 0) is 22.3 Å². The van der Waals surface area contributed by atoms with Crippen molar-refractivity contribution in [1.82, 2.24) is 14.7 Å². The third-order valence-corrected chi connectivity index (χ3v) is 5.11. The number of rotatable bonds is 5. The molecule has 6 nitrogen and oxygen atoms in total. The van der Waals surface area contributed by atoms with Crippen molar-refractivity contribution in [2.24, 2.45) is 0 Å². The molecule has 0 aromatic heterocycles. The average Bonchev–Trinajstić information content (AvgIpc) is 3.50. The highest BCUT2D eigenvalue weighted by atomic mass is 19.4. The maximum atomic E-state index is 12.8. The zero-order chi connectivity index (χ0) is 20.3. The molecule has 0 bridgehead atoms. The number of hydrogen-bond donors (Lipinski definition) is 0. The number of carbonyl (C=O) groups is 2. The van der Waals surface area contributed by atoms with Crippen molar-refractivity contribution < 1.29 is 27.5 Å². The molecule has 2 amide bonds. The molecule has 0 radical (unpaired) electrons. The van der Waals surface area contributed by atoms with E-state index in [0.717, 1.165) is 25.0 Å². The van der Waals surface area contributed by atoms with E-state index in [-0.39, 0.29) is 24.6 Å². The molecule has 2 aliphatic rings. The number of ether oxygens (including phenoxy) is 1. The summed E-state index contributed by atoms with van der Waals surface area (Å²) < 4.78 is 42.8. The van der Waals surface area contributed by atoms with Gasteiger partial charge >= 0.3 is 12.3 Å². The Hall–Kier alpha value is -2.29. The van der Waals surface area contributed by atoms with Gasteiger partial charge in [0.2, 0.25) is 5.91 Å². The SMILES string of the molecule is COC(=O)N1CCN(CC(=O)N(Cc2ccc(C(F)(F)F)cc2)C2CC2)CC1. The summed E-state index contributed by atoms with van der Waals surface area (Å²) in [7, 11) is 1.34. The molecule has 3 rings (SSSR count). The maximum absolute atomic E-state index is 12.8. The summed E-state index contributed by atoms with van der Waals surface area (Å²) in [4.78, 5) is 29.7. The van der Waals surface area contributed by atoms with Crippen LogP contribution in [0.4, 0.5) is 18.0 Å². The molecule has 1 saturated carbocycles. The summed E-state index contributed by atoms with van der Waals surface area (Å²) in [6.45, 7) is 2.72. The Morgan fingerprint density at radius 2 is 1.71 bits per heavy atom. The Labute approximate surface area is 161 Å². The van der Waals surface area contributed by atoms with Gasteiger partial charge in [-0.05, 0) is 30.5 Å². The van der Waals surface area contributed by atoms with Crippen molar-refractivity contribution in [2.45, 2.75) is 31.6 Å². The summed E-state index contributed by atoms with van der Waals surface area (Å²) in [5.41, 5.74) is -0.00668. The van der Waals surface area contributed by atoms with E-state index in [2.05, 4.69) is 0 Å². The van der Waals surface area contributed by atoms with E-state index in [1.807, 2.05) is 4.90 Å². The van der Waals surface area contributed by atoms with Crippen LogP contribution in [0.15, 0.2) is 24.3 Å². The van der Waals surface area contributed by atoms with Gasteiger partial charge in [-0.3, -0.25) is 9.69 Å². The van der Waals surface area contributed by atoms with E-state index < -0.39 is 11.7 Å². The first-order chi connectivity index (χ1) is 13.3. The first-order valence-corrected chi connectivity index (χ1v) is 9.29. The molecule has 9 heteroatoms. The van der Waals surface area contributed by atoms with Gasteiger partial charge in [-0.15, -0.1) is 0 Å². The smallest absolute Gasteiger partial charge is 0.416 e. The van der Waals surface area contributed by atoms with Crippen LogP contribution in [0.3, 0.4) is 0 Å². The predicted molar refractivity (Wildman–Crippen MR) is 95.4 cm³/mol. The van der Waals surface area contributed by atoms with Gasteiger partial charge in [0.05, 0.1) is 19.2 Å². The number of halogens is 3. The predicted octanol–water partition coefficient (Wildman–Crippen LogP) is 2.58. The summed E-state index contributed by atoms with van der Waals surface area (Å²) in [6.07, 6.45) is -2.89. The monoisotopic (exact) mass is 399 g/mol. The van der Waals surface area contributed by atoms with Gasteiger partial charge in [0.25, 0.3) is 0 Å². The largest absolute Gasteiger partial charge is 0.453 e. The molecule has 0 N–H and O–H groups in total. The first kappa shape index (κ1) is 20.4. The second-order valence-electron chi connectivity index (χ2n) is 7.18. The Bertz CT molecular complexity index is 697. The van der Waals surface area contributed by atoms with Crippen LogP contribution in [0, 0.1) is 0 Å². The van der Waals surface area contributed by atoms with Crippen LogP contribution in [0.5, 0.6) is 0 Å². The summed E-state index contributed by atoms with van der Waals surface area (Å²) in [6, 6.07) is 5.13. The second kappa shape index (κ2) is 8.38. The van der Waals surface area contributed by atoms with Crippen LogP contribution in [0.1, 0.15) is 24.0 Å². The first-order valence-electron chi connectivity index (χ1n) is 9.29. The third-order valence-electron chi connectivity index (χ3n) is 5.11. The lowest BCUT2D eigenvalue weighted by Crippen LogP contribution is -2.51. The summed E-state index contributed by atoms with van der Waals surface area (Å²) in [5.74, 6) is -0.0334. The van der Waals surface area contributed by atoms with Crippen LogP contribution in [-0.4, -0.2) is 72.6 Å². The van der Waals surface area contributed by atoms with Crippen LogP contribution < -0.4 is 0 Å². The Morgan fingerprint density at radius 3 is 2.21 bits per heavy atom. The van der Waals surface area contributed by atoms with E-state index in [0.29, 0.717) is 38.3 Å². The second-order valence-corrected chi connectivity index (χ2v) is 7.18. The molecule has 1 aromatic rings. The van der Waals surface area contributed by atoms with Gasteiger partial charge < -0.3 is 14.5 Å². The summed E-state index contributed by atoms with van der Waals surface area (Å²) >= 11 is 0. The number of nitrogens with zero attached hydrogens (tertiary/aromatic N) is 3. The van der Waals surface area contributed by atoms with E-state index in [1.54, 1.807) is 9.80 Å². The number of alkyl halides is 3. The number of piperazine rings is 1. The minimum Gasteiger partial charge on any atom is -0.453 e. The Morgan fingerprint density at radius 1 is 1.11 bits per heavy atom. The number of amides is 2. The lowest BCUT2D eigenvalue weighted by molar-refractivity contribution is -0.138. The van der Waals surface area contributed by atoms with Crippen molar-refractivity contribution in [3.63, 3.8) is 0 Å². The molecule has 2 fully saturated rings. The molecule has 0 spiro atoms. The zero-order valence-electron chi connectivity index (χ0n) is 15.7. The van der Waals surface area contributed by atoms with Crippen LogP contribution in [0.2, 0.25) is 0 Å². The number of carbonyl (C=O) groups excluding carboxylic acids is 2. The van der Waals surface area contributed by atoms with Crippen molar-refractivity contribution in [2.75, 3.05) is 39.8 Å². The lowest BCUT2D eigenvalue weighted by Gasteiger charge is -2.34. The number of benzene rings is 1. The standard InChI is InChI=1S/C19H24F3N3O3/c1-28-18(27)24-10-8-23(9-11-24)13-17(26)25(16-6-7-16)12-14-2-4-15(5-3-14)19(20,21)22/h2-5,16H,6-13H2,1H3. The molecule has 0 atom stereocenters. The number of hydrogen-bond acceptors (Lipinski definition) is 4. The molecule has 1 aromatic carbocycles. The number of methoxy groups -OCH3 is 1. The molecule has 154 valence electrons. The van der Waals surface area contributed by atoms with Crippen LogP contribution in [0.25, 0.3) is 0 Å². The van der Waals surface area contributed by atoms with E-state index in [4.69, 9.17) is 4.74 Å². The fourth-order valence-electron chi connectivity index (χ4n) is 3.30. The van der Waals surface area contributed by atoms with Gasteiger partial charge in [0.15, 0.2) is 0 Å². The van der Waals surface area contributed by atoms with E-state index in [1.165, 1.54) is 19.2 Å². The molecular formula is C19H24F3N3O3. The van der Waals surface area contributed by atoms with Crippen molar-refractivity contribution in [3.05, 3.63) is 35.4 Å².